The Hall–Kier alpha value is -1.62. The van der Waals surface area contributed by atoms with Crippen molar-refractivity contribution >= 4 is 11.6 Å². The molecular weight excluding hydrogens is 310 g/mol. The quantitative estimate of drug-likeness (QED) is 0.939. The number of nitrogens with zero attached hydrogens (tertiary/aromatic N) is 2. The van der Waals surface area contributed by atoms with Gasteiger partial charge in [-0.25, -0.2) is 0 Å². The smallest absolute Gasteiger partial charge is 0.127 e. The Balaban J connectivity index is 1.62. The number of rotatable bonds is 3. The molecule has 4 nitrogen and oxygen atoms in total. The summed E-state index contributed by atoms with van der Waals surface area (Å²) in [5, 5.41) is 4.30. The molecule has 1 unspecified atom stereocenters. The molecule has 0 spiro atoms. The molecule has 1 aromatic carbocycles. The van der Waals surface area contributed by atoms with E-state index in [1.165, 1.54) is 16.7 Å². The summed E-state index contributed by atoms with van der Waals surface area (Å²) in [6, 6.07) is 8.64. The van der Waals surface area contributed by atoms with Gasteiger partial charge in [-0.1, -0.05) is 11.6 Å². The number of hydrogen-bond acceptors (Lipinski definition) is 4. The Morgan fingerprint density at radius 3 is 3.04 bits per heavy atom. The highest BCUT2D eigenvalue weighted by Crippen LogP contribution is 2.35. The third-order valence-corrected chi connectivity index (χ3v) is 4.86. The minimum absolute atomic E-state index is 0.350. The minimum Gasteiger partial charge on any atom is -0.493 e. The van der Waals surface area contributed by atoms with Gasteiger partial charge in [0.1, 0.15) is 5.75 Å². The Kier molecular flexibility index (Phi) is 4.21. The van der Waals surface area contributed by atoms with Crippen LogP contribution in [0, 0.1) is 0 Å². The van der Waals surface area contributed by atoms with Gasteiger partial charge in [0.25, 0.3) is 0 Å². The highest BCUT2D eigenvalue weighted by atomic mass is 35.5. The number of fused-ring (bicyclic) bond motifs is 1. The number of nitrogens with one attached hydrogen (secondary N) is 1. The van der Waals surface area contributed by atoms with Crippen molar-refractivity contribution < 1.29 is 4.74 Å². The van der Waals surface area contributed by atoms with Crippen molar-refractivity contribution in [3.05, 3.63) is 58.4 Å². The van der Waals surface area contributed by atoms with Crippen LogP contribution < -0.4 is 10.1 Å². The molecule has 1 N–H and O–H groups in total. The second kappa shape index (κ2) is 6.48. The Labute approximate surface area is 141 Å². The van der Waals surface area contributed by atoms with Crippen LogP contribution in [0.4, 0.5) is 0 Å². The van der Waals surface area contributed by atoms with E-state index in [1.807, 2.05) is 18.5 Å². The number of halogens is 1. The van der Waals surface area contributed by atoms with Crippen LogP contribution in [0.5, 0.6) is 5.75 Å². The number of hydrogen-bond donors (Lipinski definition) is 1. The van der Waals surface area contributed by atoms with E-state index in [-0.39, 0.29) is 0 Å². The molecule has 0 saturated carbocycles. The van der Waals surface area contributed by atoms with E-state index in [1.54, 1.807) is 0 Å². The van der Waals surface area contributed by atoms with Crippen LogP contribution in [0.3, 0.4) is 0 Å². The van der Waals surface area contributed by atoms with Gasteiger partial charge in [-0.05, 0) is 35.4 Å². The fourth-order valence-corrected chi connectivity index (χ4v) is 3.80. The third kappa shape index (κ3) is 3.07. The van der Waals surface area contributed by atoms with Gasteiger partial charge in [0.05, 0.1) is 6.61 Å². The Morgan fingerprint density at radius 1 is 1.30 bits per heavy atom. The molecule has 0 bridgehead atoms. The second-order valence-corrected chi connectivity index (χ2v) is 6.56. The molecular formula is C18H20ClN3O. The van der Waals surface area contributed by atoms with Crippen LogP contribution in [-0.2, 0) is 13.0 Å². The van der Waals surface area contributed by atoms with E-state index in [2.05, 4.69) is 33.4 Å². The molecule has 2 aliphatic rings. The highest BCUT2D eigenvalue weighted by molar-refractivity contribution is 6.30. The van der Waals surface area contributed by atoms with Gasteiger partial charge >= 0.3 is 0 Å². The summed E-state index contributed by atoms with van der Waals surface area (Å²) >= 11 is 6.30. The molecule has 3 heterocycles. The molecule has 4 rings (SSSR count). The summed E-state index contributed by atoms with van der Waals surface area (Å²) in [6.45, 7) is 4.59. The van der Waals surface area contributed by atoms with Gasteiger partial charge in [0.2, 0.25) is 0 Å². The van der Waals surface area contributed by atoms with Crippen molar-refractivity contribution in [2.24, 2.45) is 0 Å². The fourth-order valence-electron chi connectivity index (χ4n) is 3.53. The van der Waals surface area contributed by atoms with Gasteiger partial charge in [-0.2, -0.15) is 0 Å². The normalized spacial score (nSPS) is 21.0. The average molecular weight is 330 g/mol. The van der Waals surface area contributed by atoms with Crippen LogP contribution in [0.2, 0.25) is 5.02 Å². The molecule has 2 aromatic rings. The lowest BCUT2D eigenvalue weighted by Crippen LogP contribution is -2.45. The number of piperazine rings is 1. The lowest BCUT2D eigenvalue weighted by Gasteiger charge is -2.36. The lowest BCUT2D eigenvalue weighted by molar-refractivity contribution is 0.152. The summed E-state index contributed by atoms with van der Waals surface area (Å²) in [6.07, 6.45) is 4.68. The van der Waals surface area contributed by atoms with Crippen LogP contribution >= 0.6 is 11.6 Å². The molecule has 1 atom stereocenters. The molecule has 2 aliphatic heterocycles. The molecule has 1 aromatic heterocycles. The van der Waals surface area contributed by atoms with Crippen molar-refractivity contribution in [3.63, 3.8) is 0 Å². The molecule has 23 heavy (non-hydrogen) atoms. The van der Waals surface area contributed by atoms with Gasteiger partial charge in [-0.15, -0.1) is 0 Å². The Bertz CT molecular complexity index is 692. The first-order chi connectivity index (χ1) is 11.3. The molecule has 120 valence electrons. The SMILES string of the molecule is Clc1cc2c(c(CN3CCNCC3c3ccncc3)c1)OCC2. The standard InChI is InChI=1S/C18H20ClN3O/c19-16-9-14-3-8-23-18(14)15(10-16)12-22-7-6-21-11-17(22)13-1-4-20-5-2-13/h1-2,4-5,9-10,17,21H,3,6-8,11-12H2. The molecule has 0 amide bonds. The van der Waals surface area contributed by atoms with E-state index in [0.29, 0.717) is 6.04 Å². The van der Waals surface area contributed by atoms with Gasteiger partial charge in [0, 0.05) is 61.6 Å². The monoisotopic (exact) mass is 329 g/mol. The summed E-state index contributed by atoms with van der Waals surface area (Å²) in [5.74, 6) is 1.04. The number of aromatic nitrogens is 1. The van der Waals surface area contributed by atoms with Crippen LogP contribution in [0.1, 0.15) is 22.7 Å². The summed E-state index contributed by atoms with van der Waals surface area (Å²) in [7, 11) is 0. The maximum Gasteiger partial charge on any atom is 0.127 e. The predicted molar refractivity (Wildman–Crippen MR) is 90.9 cm³/mol. The zero-order valence-electron chi connectivity index (χ0n) is 13.0. The van der Waals surface area contributed by atoms with E-state index < -0.39 is 0 Å². The zero-order valence-corrected chi connectivity index (χ0v) is 13.7. The third-order valence-electron chi connectivity index (χ3n) is 4.64. The van der Waals surface area contributed by atoms with Crippen molar-refractivity contribution in [1.29, 1.82) is 0 Å². The van der Waals surface area contributed by atoms with Gasteiger partial charge in [0.15, 0.2) is 0 Å². The molecule has 0 aliphatic carbocycles. The van der Waals surface area contributed by atoms with Crippen LogP contribution in [-0.4, -0.2) is 36.1 Å². The van der Waals surface area contributed by atoms with Crippen molar-refractivity contribution in [3.8, 4) is 5.75 Å². The maximum atomic E-state index is 6.30. The van der Waals surface area contributed by atoms with Gasteiger partial charge in [-0.3, -0.25) is 9.88 Å². The molecule has 0 radical (unpaired) electrons. The van der Waals surface area contributed by atoms with E-state index in [0.717, 1.165) is 50.0 Å². The summed E-state index contributed by atoms with van der Waals surface area (Å²) < 4.78 is 5.86. The zero-order chi connectivity index (χ0) is 15.6. The van der Waals surface area contributed by atoms with E-state index >= 15 is 0 Å². The van der Waals surface area contributed by atoms with Crippen molar-refractivity contribution in [1.82, 2.24) is 15.2 Å². The maximum absolute atomic E-state index is 6.30. The van der Waals surface area contributed by atoms with E-state index in [9.17, 15) is 0 Å². The highest BCUT2D eigenvalue weighted by Gasteiger charge is 2.26. The van der Waals surface area contributed by atoms with Crippen LogP contribution in [0.25, 0.3) is 0 Å². The average Bonchev–Trinajstić information content (AvgIpc) is 3.04. The Morgan fingerprint density at radius 2 is 2.17 bits per heavy atom. The number of benzene rings is 1. The first kappa shape index (κ1) is 14.9. The predicted octanol–water partition coefficient (Wildman–Crippen LogP) is 2.82. The molecule has 1 fully saturated rings. The largest absolute Gasteiger partial charge is 0.493 e. The lowest BCUT2D eigenvalue weighted by atomic mass is 10.0. The van der Waals surface area contributed by atoms with Crippen molar-refractivity contribution in [2.45, 2.75) is 19.0 Å². The minimum atomic E-state index is 0.350. The first-order valence-electron chi connectivity index (χ1n) is 8.10. The number of pyridine rings is 1. The number of ether oxygens (including phenoxy) is 1. The van der Waals surface area contributed by atoms with E-state index in [4.69, 9.17) is 16.3 Å². The molecule has 5 heteroatoms. The van der Waals surface area contributed by atoms with Crippen molar-refractivity contribution in [2.75, 3.05) is 26.2 Å². The summed E-state index contributed by atoms with van der Waals surface area (Å²) in [4.78, 5) is 6.63. The topological polar surface area (TPSA) is 37.4 Å². The van der Waals surface area contributed by atoms with Crippen LogP contribution in [0.15, 0.2) is 36.7 Å². The first-order valence-corrected chi connectivity index (χ1v) is 8.48. The second-order valence-electron chi connectivity index (χ2n) is 6.12. The van der Waals surface area contributed by atoms with Gasteiger partial charge < -0.3 is 10.1 Å². The fraction of sp³-hybridized carbons (Fsp3) is 0.389. The molecule has 1 saturated heterocycles. The summed E-state index contributed by atoms with van der Waals surface area (Å²) in [5.41, 5.74) is 3.74.